The lowest BCUT2D eigenvalue weighted by molar-refractivity contribution is -0.149. The molecule has 96 valence electrons. The van der Waals surface area contributed by atoms with E-state index in [1.54, 1.807) is 13.2 Å². The predicted molar refractivity (Wildman–Crippen MR) is 64.1 cm³/mol. The SMILES string of the molecule is COc1cccc(CNC(=O)C2(C(=O)O)CC2)c1. The highest BCUT2D eigenvalue weighted by molar-refractivity contribution is 6.04. The van der Waals surface area contributed by atoms with Crippen molar-refractivity contribution in [3.05, 3.63) is 29.8 Å². The van der Waals surface area contributed by atoms with Crippen molar-refractivity contribution in [2.75, 3.05) is 7.11 Å². The molecular weight excluding hydrogens is 234 g/mol. The van der Waals surface area contributed by atoms with Gasteiger partial charge < -0.3 is 15.2 Å². The second kappa shape index (κ2) is 4.68. The maximum absolute atomic E-state index is 11.8. The van der Waals surface area contributed by atoms with Crippen molar-refractivity contribution in [1.29, 1.82) is 0 Å². The number of rotatable bonds is 5. The summed E-state index contributed by atoms with van der Waals surface area (Å²) >= 11 is 0. The van der Waals surface area contributed by atoms with Gasteiger partial charge in [0.05, 0.1) is 7.11 Å². The van der Waals surface area contributed by atoms with Gasteiger partial charge in [0.15, 0.2) is 0 Å². The molecule has 0 spiro atoms. The number of ether oxygens (including phenoxy) is 1. The molecule has 0 heterocycles. The number of methoxy groups -OCH3 is 1. The molecule has 2 rings (SSSR count). The normalized spacial score (nSPS) is 15.8. The summed E-state index contributed by atoms with van der Waals surface area (Å²) in [5.74, 6) is -0.732. The second-order valence-electron chi connectivity index (χ2n) is 4.42. The van der Waals surface area contributed by atoms with Crippen LogP contribution >= 0.6 is 0 Å². The number of benzene rings is 1. The summed E-state index contributed by atoms with van der Waals surface area (Å²) in [4.78, 5) is 22.7. The van der Waals surface area contributed by atoms with Gasteiger partial charge in [-0.25, -0.2) is 0 Å². The molecule has 1 aromatic carbocycles. The molecular formula is C13H15NO4. The van der Waals surface area contributed by atoms with Gasteiger partial charge in [0.2, 0.25) is 5.91 Å². The van der Waals surface area contributed by atoms with Crippen molar-refractivity contribution in [3.8, 4) is 5.75 Å². The van der Waals surface area contributed by atoms with Gasteiger partial charge in [-0.1, -0.05) is 12.1 Å². The van der Waals surface area contributed by atoms with E-state index in [0.29, 0.717) is 25.1 Å². The van der Waals surface area contributed by atoms with Crippen molar-refractivity contribution >= 4 is 11.9 Å². The van der Waals surface area contributed by atoms with Crippen LogP contribution in [0.4, 0.5) is 0 Å². The summed E-state index contributed by atoms with van der Waals surface area (Å²) in [6.07, 6.45) is 0.846. The van der Waals surface area contributed by atoms with Gasteiger partial charge in [-0.15, -0.1) is 0 Å². The van der Waals surface area contributed by atoms with Crippen LogP contribution in [0.5, 0.6) is 5.75 Å². The molecule has 1 aliphatic carbocycles. The minimum Gasteiger partial charge on any atom is -0.497 e. The average Bonchev–Trinajstić information content (AvgIpc) is 3.17. The van der Waals surface area contributed by atoms with Crippen LogP contribution in [0.1, 0.15) is 18.4 Å². The number of carboxylic acid groups (broad SMARTS) is 1. The number of carbonyl (C=O) groups excluding carboxylic acids is 1. The Hall–Kier alpha value is -2.04. The predicted octanol–water partition coefficient (Wildman–Crippen LogP) is 1.18. The quantitative estimate of drug-likeness (QED) is 0.768. The van der Waals surface area contributed by atoms with Crippen LogP contribution in [0, 0.1) is 5.41 Å². The Balaban J connectivity index is 1.95. The summed E-state index contributed by atoms with van der Waals surface area (Å²) in [6.45, 7) is 0.311. The first-order valence-electron chi connectivity index (χ1n) is 5.73. The van der Waals surface area contributed by atoms with Crippen LogP contribution in [0.25, 0.3) is 0 Å². The molecule has 0 saturated heterocycles. The molecule has 18 heavy (non-hydrogen) atoms. The third-order valence-corrected chi connectivity index (χ3v) is 3.18. The number of nitrogens with one attached hydrogen (secondary N) is 1. The minimum atomic E-state index is -1.18. The Kier molecular flexibility index (Phi) is 3.23. The largest absolute Gasteiger partial charge is 0.497 e. The second-order valence-corrected chi connectivity index (χ2v) is 4.42. The number of aliphatic carboxylic acids is 1. The standard InChI is InChI=1S/C13H15NO4/c1-18-10-4-2-3-9(7-10)8-14-11(15)13(5-6-13)12(16)17/h2-4,7H,5-6,8H2,1H3,(H,14,15)(H,16,17). The first kappa shape index (κ1) is 12.4. The van der Waals surface area contributed by atoms with E-state index in [0.717, 1.165) is 5.56 Å². The average molecular weight is 249 g/mol. The Morgan fingerprint density at radius 3 is 2.72 bits per heavy atom. The number of hydrogen-bond acceptors (Lipinski definition) is 3. The van der Waals surface area contributed by atoms with E-state index < -0.39 is 17.3 Å². The number of amides is 1. The highest BCUT2D eigenvalue weighted by Crippen LogP contribution is 2.46. The van der Waals surface area contributed by atoms with Crippen LogP contribution in [0.2, 0.25) is 0 Å². The fourth-order valence-corrected chi connectivity index (χ4v) is 1.80. The van der Waals surface area contributed by atoms with Crippen LogP contribution < -0.4 is 10.1 Å². The smallest absolute Gasteiger partial charge is 0.319 e. The fraction of sp³-hybridized carbons (Fsp3) is 0.385. The third-order valence-electron chi connectivity index (χ3n) is 3.18. The van der Waals surface area contributed by atoms with Crippen LogP contribution in [-0.4, -0.2) is 24.1 Å². The lowest BCUT2D eigenvalue weighted by atomic mass is 10.1. The molecule has 1 aliphatic rings. The van der Waals surface area contributed by atoms with Gasteiger partial charge in [-0.3, -0.25) is 9.59 Å². The number of carbonyl (C=O) groups is 2. The van der Waals surface area contributed by atoms with E-state index in [-0.39, 0.29) is 0 Å². The van der Waals surface area contributed by atoms with Crippen LogP contribution in [0.15, 0.2) is 24.3 Å². The molecule has 1 amide bonds. The highest BCUT2D eigenvalue weighted by atomic mass is 16.5. The molecule has 1 fully saturated rings. The lowest BCUT2D eigenvalue weighted by Gasteiger charge is -2.11. The molecule has 0 atom stereocenters. The van der Waals surface area contributed by atoms with Gasteiger partial charge in [-0.2, -0.15) is 0 Å². The van der Waals surface area contributed by atoms with Gasteiger partial charge >= 0.3 is 5.97 Å². The Labute approximate surface area is 105 Å². The zero-order chi connectivity index (χ0) is 13.2. The molecule has 0 aliphatic heterocycles. The van der Waals surface area contributed by atoms with Crippen molar-refractivity contribution in [2.45, 2.75) is 19.4 Å². The van der Waals surface area contributed by atoms with Crippen molar-refractivity contribution in [2.24, 2.45) is 5.41 Å². The molecule has 0 bridgehead atoms. The summed E-state index contributed by atoms with van der Waals surface area (Å²) in [5.41, 5.74) is -0.303. The monoisotopic (exact) mass is 249 g/mol. The maximum atomic E-state index is 11.8. The van der Waals surface area contributed by atoms with Gasteiger partial charge in [0.25, 0.3) is 0 Å². The zero-order valence-corrected chi connectivity index (χ0v) is 10.1. The first-order valence-corrected chi connectivity index (χ1v) is 5.73. The Morgan fingerprint density at radius 1 is 1.44 bits per heavy atom. The molecule has 0 radical (unpaired) electrons. The lowest BCUT2D eigenvalue weighted by Crippen LogP contribution is -2.36. The van der Waals surface area contributed by atoms with Crippen molar-refractivity contribution in [3.63, 3.8) is 0 Å². The van der Waals surface area contributed by atoms with Crippen LogP contribution in [0.3, 0.4) is 0 Å². The Morgan fingerprint density at radius 2 is 2.17 bits per heavy atom. The van der Waals surface area contributed by atoms with E-state index >= 15 is 0 Å². The highest BCUT2D eigenvalue weighted by Gasteiger charge is 2.56. The fourth-order valence-electron chi connectivity index (χ4n) is 1.80. The van der Waals surface area contributed by atoms with Gasteiger partial charge in [0, 0.05) is 6.54 Å². The molecule has 0 aromatic heterocycles. The summed E-state index contributed by atoms with van der Waals surface area (Å²) in [7, 11) is 1.57. The number of hydrogen-bond donors (Lipinski definition) is 2. The summed E-state index contributed by atoms with van der Waals surface area (Å²) < 4.78 is 5.07. The molecule has 2 N–H and O–H groups in total. The maximum Gasteiger partial charge on any atom is 0.319 e. The zero-order valence-electron chi connectivity index (χ0n) is 10.1. The van der Waals surface area contributed by atoms with E-state index in [1.807, 2.05) is 18.2 Å². The molecule has 5 heteroatoms. The van der Waals surface area contributed by atoms with Crippen molar-refractivity contribution in [1.82, 2.24) is 5.32 Å². The van der Waals surface area contributed by atoms with Gasteiger partial charge in [0.1, 0.15) is 11.2 Å². The van der Waals surface area contributed by atoms with Crippen LogP contribution in [-0.2, 0) is 16.1 Å². The summed E-state index contributed by atoms with van der Waals surface area (Å²) in [6, 6.07) is 7.29. The topological polar surface area (TPSA) is 75.6 Å². The van der Waals surface area contributed by atoms with E-state index in [2.05, 4.69) is 5.32 Å². The summed E-state index contributed by atoms with van der Waals surface area (Å²) in [5, 5.41) is 11.6. The van der Waals surface area contributed by atoms with E-state index in [9.17, 15) is 9.59 Å². The third kappa shape index (κ3) is 2.30. The Bertz CT molecular complexity index is 480. The minimum absolute atomic E-state index is 0.311. The molecule has 1 aromatic rings. The van der Waals surface area contributed by atoms with Gasteiger partial charge in [-0.05, 0) is 30.5 Å². The molecule has 5 nitrogen and oxygen atoms in total. The first-order chi connectivity index (χ1) is 8.58. The number of carboxylic acids is 1. The molecule has 0 unspecified atom stereocenters. The van der Waals surface area contributed by atoms with E-state index in [4.69, 9.17) is 9.84 Å². The molecule has 1 saturated carbocycles. The van der Waals surface area contributed by atoms with Crippen molar-refractivity contribution < 1.29 is 19.4 Å². The van der Waals surface area contributed by atoms with E-state index in [1.165, 1.54) is 0 Å².